The van der Waals surface area contributed by atoms with Crippen LogP contribution in [0.1, 0.15) is 52.8 Å². The van der Waals surface area contributed by atoms with Crippen LogP contribution in [0.5, 0.6) is 0 Å². The van der Waals surface area contributed by atoms with E-state index < -0.39 is 0 Å². The minimum Gasteiger partial charge on any atom is -0.342 e. The first-order valence-corrected chi connectivity index (χ1v) is 11.5. The fraction of sp³-hybridized carbons (Fsp3) is 0.370. The molecule has 1 aliphatic rings. The molecule has 0 N–H and O–H groups in total. The molecule has 0 saturated carbocycles. The highest BCUT2D eigenvalue weighted by Crippen LogP contribution is 2.21. The van der Waals surface area contributed by atoms with E-state index in [1.807, 2.05) is 48.2 Å². The largest absolute Gasteiger partial charge is 0.342 e. The molecule has 0 spiro atoms. The lowest BCUT2D eigenvalue weighted by Crippen LogP contribution is -2.42. The lowest BCUT2D eigenvalue weighted by atomic mass is 9.97. The summed E-state index contributed by atoms with van der Waals surface area (Å²) in [6.45, 7) is 6.07. The Morgan fingerprint density at radius 3 is 2.59 bits per heavy atom. The third-order valence-electron chi connectivity index (χ3n) is 6.32. The summed E-state index contributed by atoms with van der Waals surface area (Å²) in [6.07, 6.45) is 5.28. The summed E-state index contributed by atoms with van der Waals surface area (Å²) in [6, 6.07) is 17.7. The van der Waals surface area contributed by atoms with Gasteiger partial charge >= 0.3 is 0 Å². The number of nitrogens with zero attached hydrogens (tertiary/aromatic N) is 3. The van der Waals surface area contributed by atoms with Gasteiger partial charge in [0, 0.05) is 36.7 Å². The van der Waals surface area contributed by atoms with E-state index >= 15 is 0 Å². The molecule has 166 valence electrons. The number of piperidine rings is 1. The van der Waals surface area contributed by atoms with Crippen molar-refractivity contribution in [3.63, 3.8) is 0 Å². The molecule has 3 heterocycles. The van der Waals surface area contributed by atoms with E-state index in [4.69, 9.17) is 0 Å². The molecule has 3 aromatic rings. The molecule has 32 heavy (non-hydrogen) atoms. The molecule has 1 amide bonds. The molecule has 2 aromatic heterocycles. The Kier molecular flexibility index (Phi) is 6.84. The van der Waals surface area contributed by atoms with Crippen molar-refractivity contribution in [1.82, 2.24) is 14.5 Å². The molecule has 5 heteroatoms. The minimum absolute atomic E-state index is 0.126. The first-order valence-electron chi connectivity index (χ1n) is 11.5. The quantitative estimate of drug-likeness (QED) is 0.588. The Bertz CT molecular complexity index is 1120. The van der Waals surface area contributed by atoms with Gasteiger partial charge in [-0.25, -0.2) is 0 Å². The lowest BCUT2D eigenvalue weighted by molar-refractivity contribution is 0.0679. The van der Waals surface area contributed by atoms with Gasteiger partial charge in [-0.3, -0.25) is 14.6 Å². The first kappa shape index (κ1) is 22.0. The second-order valence-corrected chi connectivity index (χ2v) is 8.86. The summed E-state index contributed by atoms with van der Waals surface area (Å²) in [4.78, 5) is 33.1. The van der Waals surface area contributed by atoms with E-state index in [9.17, 15) is 9.59 Å². The number of likely N-dealkylation sites (tertiary alicyclic amines) is 1. The summed E-state index contributed by atoms with van der Waals surface area (Å²) in [5.74, 6) is 0.334. The number of aryl methyl sites for hydroxylation is 2. The van der Waals surface area contributed by atoms with E-state index in [1.165, 1.54) is 5.56 Å². The van der Waals surface area contributed by atoms with Crippen molar-refractivity contribution in [2.24, 2.45) is 5.92 Å². The Morgan fingerprint density at radius 2 is 1.88 bits per heavy atom. The van der Waals surface area contributed by atoms with Crippen LogP contribution in [0.15, 0.2) is 65.6 Å². The van der Waals surface area contributed by atoms with E-state index in [1.54, 1.807) is 12.3 Å². The van der Waals surface area contributed by atoms with E-state index in [-0.39, 0.29) is 11.3 Å². The zero-order valence-electron chi connectivity index (χ0n) is 19.0. The molecule has 0 unspecified atom stereocenters. The number of hydrogen-bond acceptors (Lipinski definition) is 3. The predicted octanol–water partition coefficient (Wildman–Crippen LogP) is 4.26. The highest BCUT2D eigenvalue weighted by molar-refractivity contribution is 5.95. The first-order chi connectivity index (χ1) is 15.5. The van der Waals surface area contributed by atoms with Crippen molar-refractivity contribution < 1.29 is 4.79 Å². The fourth-order valence-corrected chi connectivity index (χ4v) is 4.63. The van der Waals surface area contributed by atoms with Crippen molar-refractivity contribution in [1.29, 1.82) is 0 Å². The molecule has 5 nitrogen and oxygen atoms in total. The number of hydrogen-bond donors (Lipinski definition) is 0. The van der Waals surface area contributed by atoms with Gasteiger partial charge in [-0.15, -0.1) is 0 Å². The second kappa shape index (κ2) is 9.94. The summed E-state index contributed by atoms with van der Waals surface area (Å²) < 4.78 is 2.10. The third-order valence-corrected chi connectivity index (χ3v) is 6.32. The highest BCUT2D eigenvalue weighted by atomic mass is 16.2. The molecular weight excluding hydrogens is 398 g/mol. The molecule has 1 aromatic carbocycles. The van der Waals surface area contributed by atoms with Gasteiger partial charge in [-0.05, 0) is 56.2 Å². The van der Waals surface area contributed by atoms with Crippen LogP contribution < -0.4 is 5.43 Å². The van der Waals surface area contributed by atoms with Gasteiger partial charge in [-0.2, -0.15) is 0 Å². The maximum absolute atomic E-state index is 13.6. The van der Waals surface area contributed by atoms with Crippen molar-refractivity contribution >= 4 is 5.91 Å². The maximum atomic E-state index is 13.6. The number of carbonyl (C=O) groups is 1. The van der Waals surface area contributed by atoms with Gasteiger partial charge in [0.05, 0.1) is 12.2 Å². The monoisotopic (exact) mass is 429 g/mol. The van der Waals surface area contributed by atoms with Crippen LogP contribution in [0.4, 0.5) is 0 Å². The number of aromatic nitrogens is 2. The number of amides is 1. The van der Waals surface area contributed by atoms with Gasteiger partial charge < -0.3 is 9.47 Å². The van der Waals surface area contributed by atoms with Gasteiger partial charge in [-0.1, -0.05) is 43.3 Å². The van der Waals surface area contributed by atoms with Crippen molar-refractivity contribution in [2.45, 2.75) is 46.1 Å². The molecule has 1 saturated heterocycles. The summed E-state index contributed by atoms with van der Waals surface area (Å²) >= 11 is 0. The van der Waals surface area contributed by atoms with Crippen LogP contribution in [0, 0.1) is 12.8 Å². The number of rotatable bonds is 6. The Balaban J connectivity index is 1.76. The van der Waals surface area contributed by atoms with Gasteiger partial charge in [0.25, 0.3) is 5.91 Å². The zero-order chi connectivity index (χ0) is 22.5. The summed E-state index contributed by atoms with van der Waals surface area (Å²) in [7, 11) is 0. The van der Waals surface area contributed by atoms with Crippen LogP contribution in [0.3, 0.4) is 0 Å². The third kappa shape index (κ3) is 4.98. The van der Waals surface area contributed by atoms with Crippen LogP contribution in [0.2, 0.25) is 0 Å². The van der Waals surface area contributed by atoms with E-state index in [0.717, 1.165) is 42.9 Å². The Labute approximate surface area is 189 Å². The molecular formula is C27H31N3O2. The standard InChI is InChI=1S/C27H31N3O2/c1-20-9-8-16-29(18-20)27(32)26-24(14-13-22-10-4-3-5-11-22)30(21(2)17-25(26)31)19-23-12-6-7-15-28-23/h3-7,10-12,15,17,20H,8-9,13-14,16,18-19H2,1-2H3/t20-/m0/s1. The average molecular weight is 430 g/mol. The highest BCUT2D eigenvalue weighted by Gasteiger charge is 2.27. The fourth-order valence-electron chi connectivity index (χ4n) is 4.63. The predicted molar refractivity (Wildman–Crippen MR) is 127 cm³/mol. The van der Waals surface area contributed by atoms with E-state index in [2.05, 4.69) is 28.6 Å². The SMILES string of the molecule is Cc1cc(=O)c(C(=O)N2CCC[C@H](C)C2)c(CCc2ccccc2)n1Cc1ccccn1. The minimum atomic E-state index is -0.175. The van der Waals surface area contributed by atoms with Crippen LogP contribution in [-0.2, 0) is 19.4 Å². The Hall–Kier alpha value is -3.21. The normalized spacial score (nSPS) is 16.2. The molecule has 4 rings (SSSR count). The Morgan fingerprint density at radius 1 is 1.09 bits per heavy atom. The van der Waals surface area contributed by atoms with E-state index in [0.29, 0.717) is 31.0 Å². The lowest BCUT2D eigenvalue weighted by Gasteiger charge is -2.32. The molecule has 0 radical (unpaired) electrons. The second-order valence-electron chi connectivity index (χ2n) is 8.86. The van der Waals surface area contributed by atoms with Gasteiger partial charge in [0.1, 0.15) is 5.56 Å². The number of carbonyl (C=O) groups excluding carboxylic acids is 1. The van der Waals surface area contributed by atoms with Crippen molar-refractivity contribution in [2.75, 3.05) is 13.1 Å². The van der Waals surface area contributed by atoms with Crippen LogP contribution >= 0.6 is 0 Å². The molecule has 0 bridgehead atoms. The molecule has 1 atom stereocenters. The molecule has 1 fully saturated rings. The topological polar surface area (TPSA) is 55.2 Å². The summed E-state index contributed by atoms with van der Waals surface area (Å²) in [5, 5.41) is 0. The van der Waals surface area contributed by atoms with Gasteiger partial charge in [0.2, 0.25) is 0 Å². The molecule has 1 aliphatic heterocycles. The maximum Gasteiger partial charge on any atom is 0.259 e. The van der Waals surface area contributed by atoms with Crippen molar-refractivity contribution in [3.8, 4) is 0 Å². The van der Waals surface area contributed by atoms with Crippen LogP contribution in [0.25, 0.3) is 0 Å². The number of benzene rings is 1. The van der Waals surface area contributed by atoms with Gasteiger partial charge in [0.15, 0.2) is 5.43 Å². The number of pyridine rings is 2. The summed E-state index contributed by atoms with van der Waals surface area (Å²) in [5.41, 5.74) is 3.92. The molecule has 0 aliphatic carbocycles. The average Bonchev–Trinajstić information content (AvgIpc) is 2.80. The van der Waals surface area contributed by atoms with Crippen LogP contribution in [-0.4, -0.2) is 33.4 Å². The van der Waals surface area contributed by atoms with Crippen molar-refractivity contribution in [3.05, 3.63) is 99.2 Å². The smallest absolute Gasteiger partial charge is 0.259 e. The zero-order valence-corrected chi connectivity index (χ0v) is 19.0.